The molecule has 1 aromatic rings. The van der Waals surface area contributed by atoms with Crippen LogP contribution in [0.5, 0.6) is 0 Å². The van der Waals surface area contributed by atoms with E-state index in [0.717, 1.165) is 51.9 Å². The molecule has 3 atom stereocenters. The van der Waals surface area contributed by atoms with Crippen LogP contribution >= 0.6 is 11.3 Å². The third-order valence-electron chi connectivity index (χ3n) is 5.89. The van der Waals surface area contributed by atoms with Crippen molar-refractivity contribution in [3.05, 3.63) is 22.4 Å². The lowest BCUT2D eigenvalue weighted by Crippen LogP contribution is -2.46. The van der Waals surface area contributed by atoms with Gasteiger partial charge in [0.15, 0.2) is 5.96 Å². The maximum absolute atomic E-state index is 5.44. The number of nitrogens with one attached hydrogen (secondary N) is 2. The first-order valence-corrected chi connectivity index (χ1v) is 11.5. The minimum atomic E-state index is 0.514. The molecule has 6 nitrogen and oxygen atoms in total. The van der Waals surface area contributed by atoms with E-state index in [0.29, 0.717) is 17.9 Å². The van der Waals surface area contributed by atoms with Gasteiger partial charge in [0, 0.05) is 50.7 Å². The van der Waals surface area contributed by atoms with E-state index < -0.39 is 0 Å². The molecule has 0 bridgehead atoms. The van der Waals surface area contributed by atoms with Gasteiger partial charge >= 0.3 is 0 Å². The van der Waals surface area contributed by atoms with E-state index in [9.17, 15) is 0 Å². The average Bonchev–Trinajstić information content (AvgIpc) is 3.23. The fraction of sp³-hybridized carbons (Fsp3) is 0.762. The molecule has 3 heterocycles. The number of thiophene rings is 1. The molecule has 0 aromatic carbocycles. The summed E-state index contributed by atoms with van der Waals surface area (Å²) < 4.78 is 5.44. The summed E-state index contributed by atoms with van der Waals surface area (Å²) >= 11 is 1.88. The fourth-order valence-electron chi connectivity index (χ4n) is 4.39. The van der Waals surface area contributed by atoms with Gasteiger partial charge in [-0.1, -0.05) is 13.0 Å². The molecular weight excluding hydrogens is 370 g/mol. The topological polar surface area (TPSA) is 52.1 Å². The second kappa shape index (κ2) is 11.1. The van der Waals surface area contributed by atoms with Crippen LogP contribution < -0.4 is 10.6 Å². The van der Waals surface area contributed by atoms with Crippen molar-refractivity contribution in [1.82, 2.24) is 20.4 Å². The molecule has 3 unspecified atom stereocenters. The maximum Gasteiger partial charge on any atom is 0.190 e. The van der Waals surface area contributed by atoms with Crippen molar-refractivity contribution in [2.75, 3.05) is 66.6 Å². The van der Waals surface area contributed by atoms with Crippen molar-refractivity contribution in [3.8, 4) is 0 Å². The molecule has 7 heteroatoms. The molecule has 0 radical (unpaired) electrons. The molecule has 2 N–H and O–H groups in total. The lowest BCUT2D eigenvalue weighted by molar-refractivity contribution is 0.0320. The normalized spacial score (nSPS) is 26.2. The van der Waals surface area contributed by atoms with Crippen LogP contribution in [0.4, 0.5) is 0 Å². The Hall–Kier alpha value is -1.15. The Morgan fingerprint density at radius 1 is 1.32 bits per heavy atom. The summed E-state index contributed by atoms with van der Waals surface area (Å²) in [4.78, 5) is 10.9. The first-order valence-electron chi connectivity index (χ1n) is 10.7. The van der Waals surface area contributed by atoms with E-state index in [1.807, 2.05) is 18.4 Å². The second-order valence-electron chi connectivity index (χ2n) is 8.20. The van der Waals surface area contributed by atoms with Gasteiger partial charge in [0.2, 0.25) is 0 Å². The van der Waals surface area contributed by atoms with E-state index in [1.165, 1.54) is 24.3 Å². The summed E-state index contributed by atoms with van der Waals surface area (Å²) in [5.41, 5.74) is 0. The van der Waals surface area contributed by atoms with Gasteiger partial charge in [-0.2, -0.15) is 0 Å². The molecule has 0 amide bonds. The van der Waals surface area contributed by atoms with E-state index in [1.54, 1.807) is 0 Å². The number of piperidine rings is 1. The van der Waals surface area contributed by atoms with Gasteiger partial charge in [-0.15, -0.1) is 11.3 Å². The predicted octanol–water partition coefficient (Wildman–Crippen LogP) is 2.26. The fourth-order valence-corrected chi connectivity index (χ4v) is 5.37. The molecule has 28 heavy (non-hydrogen) atoms. The number of ether oxygens (including phenoxy) is 1. The predicted molar refractivity (Wildman–Crippen MR) is 118 cm³/mol. The minimum Gasteiger partial charge on any atom is -0.379 e. The van der Waals surface area contributed by atoms with E-state index in [4.69, 9.17) is 4.74 Å². The quantitative estimate of drug-likeness (QED) is 0.536. The van der Waals surface area contributed by atoms with Crippen LogP contribution in [0.15, 0.2) is 22.5 Å². The molecule has 0 spiro atoms. The van der Waals surface area contributed by atoms with E-state index in [2.05, 4.69) is 56.9 Å². The maximum atomic E-state index is 5.44. The summed E-state index contributed by atoms with van der Waals surface area (Å²) in [5, 5.41) is 9.32. The van der Waals surface area contributed by atoms with Gasteiger partial charge in [-0.3, -0.25) is 14.8 Å². The summed E-state index contributed by atoms with van der Waals surface area (Å²) in [6.45, 7) is 10.3. The van der Waals surface area contributed by atoms with Crippen molar-refractivity contribution in [2.45, 2.75) is 25.8 Å². The average molecular weight is 408 g/mol. The molecule has 2 saturated heterocycles. The number of rotatable bonds is 7. The third-order valence-corrected chi connectivity index (χ3v) is 6.83. The summed E-state index contributed by atoms with van der Waals surface area (Å²) in [7, 11) is 4.13. The zero-order valence-corrected chi connectivity index (χ0v) is 18.5. The smallest absolute Gasteiger partial charge is 0.190 e. The highest BCUT2D eigenvalue weighted by atomic mass is 32.1. The van der Waals surface area contributed by atoms with Crippen molar-refractivity contribution in [2.24, 2.45) is 16.8 Å². The second-order valence-corrected chi connectivity index (χ2v) is 9.17. The Labute approximate surface area is 174 Å². The zero-order valence-electron chi connectivity index (χ0n) is 17.7. The van der Waals surface area contributed by atoms with Gasteiger partial charge in [0.05, 0.1) is 13.2 Å². The van der Waals surface area contributed by atoms with Crippen LogP contribution in [-0.2, 0) is 4.74 Å². The Balaban J connectivity index is 1.45. The number of likely N-dealkylation sites (tertiary alicyclic amines) is 1. The van der Waals surface area contributed by atoms with Gasteiger partial charge in [-0.05, 0) is 49.7 Å². The first-order chi connectivity index (χ1) is 13.7. The Bertz CT molecular complexity index is 588. The summed E-state index contributed by atoms with van der Waals surface area (Å²) in [5.74, 6) is 2.12. The van der Waals surface area contributed by atoms with Gasteiger partial charge < -0.3 is 15.4 Å². The number of morpholine rings is 1. The molecule has 2 aliphatic rings. The van der Waals surface area contributed by atoms with Crippen LogP contribution in [0, 0.1) is 11.8 Å². The van der Waals surface area contributed by atoms with Gasteiger partial charge in [-0.25, -0.2) is 0 Å². The number of guanidine groups is 1. The van der Waals surface area contributed by atoms with Crippen LogP contribution in [0.25, 0.3) is 0 Å². The SMILES string of the molecule is CN=C(NCC(C)CN1CCOCC1)NCC1CCCN(C)C1c1cccs1. The number of hydrogen-bond donors (Lipinski definition) is 2. The zero-order chi connectivity index (χ0) is 19.8. The van der Waals surface area contributed by atoms with Crippen LogP contribution in [0.2, 0.25) is 0 Å². The van der Waals surface area contributed by atoms with Crippen molar-refractivity contribution >= 4 is 17.3 Å². The molecular formula is C21H37N5OS. The Kier molecular flexibility index (Phi) is 8.58. The van der Waals surface area contributed by atoms with Crippen LogP contribution in [0.3, 0.4) is 0 Å². The number of nitrogens with zero attached hydrogens (tertiary/aromatic N) is 3. The van der Waals surface area contributed by atoms with Gasteiger partial charge in [0.25, 0.3) is 0 Å². The lowest BCUT2D eigenvalue weighted by atomic mass is 9.88. The highest BCUT2D eigenvalue weighted by molar-refractivity contribution is 7.10. The van der Waals surface area contributed by atoms with Crippen LogP contribution in [-0.4, -0.2) is 82.3 Å². The largest absolute Gasteiger partial charge is 0.379 e. The Morgan fingerprint density at radius 2 is 2.14 bits per heavy atom. The lowest BCUT2D eigenvalue weighted by Gasteiger charge is -2.39. The molecule has 2 aliphatic heterocycles. The van der Waals surface area contributed by atoms with Gasteiger partial charge in [0.1, 0.15) is 0 Å². The monoisotopic (exact) mass is 407 g/mol. The standard InChI is InChI=1S/C21H37N5OS/c1-17(16-26-9-11-27-12-10-26)14-23-21(22-2)24-15-18-6-4-8-25(3)20(18)19-7-5-13-28-19/h5,7,13,17-18,20H,4,6,8-12,14-16H2,1-3H3,(H2,22,23,24). The first kappa shape index (κ1) is 21.6. The van der Waals surface area contributed by atoms with Crippen LogP contribution in [0.1, 0.15) is 30.7 Å². The molecule has 2 fully saturated rings. The van der Waals surface area contributed by atoms with Crippen molar-refractivity contribution in [3.63, 3.8) is 0 Å². The Morgan fingerprint density at radius 3 is 2.86 bits per heavy atom. The van der Waals surface area contributed by atoms with Crippen molar-refractivity contribution in [1.29, 1.82) is 0 Å². The van der Waals surface area contributed by atoms with E-state index in [-0.39, 0.29) is 0 Å². The number of hydrogen-bond acceptors (Lipinski definition) is 5. The minimum absolute atomic E-state index is 0.514. The molecule has 158 valence electrons. The molecule has 1 aromatic heterocycles. The summed E-state index contributed by atoms with van der Waals surface area (Å²) in [6.07, 6.45) is 2.54. The third kappa shape index (κ3) is 6.17. The van der Waals surface area contributed by atoms with E-state index >= 15 is 0 Å². The molecule has 3 rings (SSSR count). The highest BCUT2D eigenvalue weighted by Gasteiger charge is 2.31. The summed E-state index contributed by atoms with van der Waals surface area (Å²) in [6, 6.07) is 4.97. The highest BCUT2D eigenvalue weighted by Crippen LogP contribution is 2.36. The molecule has 0 aliphatic carbocycles. The number of aliphatic imine (C=N–C) groups is 1. The van der Waals surface area contributed by atoms with Crippen molar-refractivity contribution < 1.29 is 4.74 Å². The molecule has 0 saturated carbocycles.